The summed E-state index contributed by atoms with van der Waals surface area (Å²) in [5.74, 6) is 0.167. The van der Waals surface area contributed by atoms with Gasteiger partial charge >= 0.3 is 5.97 Å². The van der Waals surface area contributed by atoms with Gasteiger partial charge in [0.1, 0.15) is 5.75 Å². The first kappa shape index (κ1) is 15.3. The largest absolute Gasteiger partial charge is 0.482 e. The smallest absolute Gasteiger partial charge is 0.343 e. The molecule has 1 aliphatic rings. The normalized spacial score (nSPS) is 17.3. The molecule has 1 heterocycles. The number of rotatable bonds is 6. The van der Waals surface area contributed by atoms with Crippen molar-refractivity contribution in [3.05, 3.63) is 29.8 Å². The molecule has 2 N–H and O–H groups in total. The summed E-state index contributed by atoms with van der Waals surface area (Å²) in [6.07, 6.45) is 1.92. The van der Waals surface area contributed by atoms with Crippen LogP contribution in [-0.4, -0.2) is 38.2 Å². The van der Waals surface area contributed by atoms with Crippen molar-refractivity contribution in [2.45, 2.75) is 25.4 Å². The molecule has 0 radical (unpaired) electrons. The maximum atomic E-state index is 11.9. The van der Waals surface area contributed by atoms with Crippen molar-refractivity contribution in [1.82, 2.24) is 10.6 Å². The summed E-state index contributed by atoms with van der Waals surface area (Å²) in [5.41, 5.74) is 0.920. The Morgan fingerprint density at radius 2 is 2.29 bits per heavy atom. The van der Waals surface area contributed by atoms with E-state index in [-0.39, 0.29) is 18.6 Å². The minimum atomic E-state index is -0.430. The highest BCUT2D eigenvalue weighted by Gasteiger charge is 2.21. The molecule has 1 unspecified atom stereocenters. The predicted molar refractivity (Wildman–Crippen MR) is 76.8 cm³/mol. The molecule has 114 valence electrons. The van der Waals surface area contributed by atoms with Gasteiger partial charge < -0.3 is 20.1 Å². The SMILES string of the molecule is COC(=O)COc1cccc(CNC(=O)C2CCCN2)c1. The van der Waals surface area contributed by atoms with Crippen LogP contribution < -0.4 is 15.4 Å². The molecule has 2 rings (SSSR count). The van der Waals surface area contributed by atoms with E-state index in [1.807, 2.05) is 12.1 Å². The molecule has 1 aromatic rings. The number of ether oxygens (including phenoxy) is 2. The van der Waals surface area contributed by atoms with Crippen LogP contribution >= 0.6 is 0 Å². The lowest BCUT2D eigenvalue weighted by molar-refractivity contribution is -0.142. The van der Waals surface area contributed by atoms with Gasteiger partial charge in [0.15, 0.2) is 6.61 Å². The molecule has 0 spiro atoms. The van der Waals surface area contributed by atoms with Gasteiger partial charge in [-0.25, -0.2) is 4.79 Å². The quantitative estimate of drug-likeness (QED) is 0.751. The van der Waals surface area contributed by atoms with E-state index in [0.29, 0.717) is 12.3 Å². The van der Waals surface area contributed by atoms with Crippen LogP contribution in [0.1, 0.15) is 18.4 Å². The number of benzene rings is 1. The average molecular weight is 292 g/mol. The van der Waals surface area contributed by atoms with E-state index in [9.17, 15) is 9.59 Å². The van der Waals surface area contributed by atoms with Crippen molar-refractivity contribution in [2.24, 2.45) is 0 Å². The first-order valence-corrected chi connectivity index (χ1v) is 6.98. The molecular weight excluding hydrogens is 272 g/mol. The zero-order chi connectivity index (χ0) is 15.1. The third-order valence-electron chi connectivity index (χ3n) is 3.33. The van der Waals surface area contributed by atoms with E-state index in [0.717, 1.165) is 24.9 Å². The fourth-order valence-corrected chi connectivity index (χ4v) is 2.17. The van der Waals surface area contributed by atoms with Crippen molar-refractivity contribution >= 4 is 11.9 Å². The van der Waals surface area contributed by atoms with Crippen LogP contribution in [0.15, 0.2) is 24.3 Å². The molecule has 1 atom stereocenters. The Bertz CT molecular complexity index is 498. The molecule has 1 saturated heterocycles. The molecule has 1 aromatic carbocycles. The summed E-state index contributed by atoms with van der Waals surface area (Å²) in [7, 11) is 1.31. The zero-order valence-corrected chi connectivity index (χ0v) is 12.1. The maximum absolute atomic E-state index is 11.9. The minimum absolute atomic E-state index is 0.0217. The summed E-state index contributed by atoms with van der Waals surface area (Å²) in [4.78, 5) is 22.9. The van der Waals surface area contributed by atoms with Gasteiger partial charge in [-0.1, -0.05) is 12.1 Å². The Kier molecular flexibility index (Phi) is 5.57. The standard InChI is InChI=1S/C15H20N2O4/c1-20-14(18)10-21-12-5-2-4-11(8-12)9-17-15(19)13-6-3-7-16-13/h2,4-5,8,13,16H,3,6-7,9-10H2,1H3,(H,17,19). The van der Waals surface area contributed by atoms with E-state index in [4.69, 9.17) is 4.74 Å². The van der Waals surface area contributed by atoms with Gasteiger partial charge in [0, 0.05) is 6.54 Å². The van der Waals surface area contributed by atoms with Gasteiger partial charge in [-0.05, 0) is 37.1 Å². The fraction of sp³-hybridized carbons (Fsp3) is 0.467. The monoisotopic (exact) mass is 292 g/mol. The average Bonchev–Trinajstić information content (AvgIpc) is 3.05. The predicted octanol–water partition coefficient (Wildman–Crippen LogP) is 0.607. The molecular formula is C15H20N2O4. The molecule has 6 nitrogen and oxygen atoms in total. The third-order valence-corrected chi connectivity index (χ3v) is 3.33. The van der Waals surface area contributed by atoms with E-state index >= 15 is 0 Å². The Morgan fingerprint density at radius 3 is 3.00 bits per heavy atom. The zero-order valence-electron chi connectivity index (χ0n) is 12.1. The topological polar surface area (TPSA) is 76.7 Å². The van der Waals surface area contributed by atoms with E-state index in [1.165, 1.54) is 7.11 Å². The number of methoxy groups -OCH3 is 1. The number of hydrogen-bond acceptors (Lipinski definition) is 5. The number of carbonyl (C=O) groups excluding carboxylic acids is 2. The van der Waals surface area contributed by atoms with Crippen molar-refractivity contribution in [1.29, 1.82) is 0 Å². The first-order chi connectivity index (χ1) is 10.2. The fourth-order valence-electron chi connectivity index (χ4n) is 2.17. The van der Waals surface area contributed by atoms with Crippen molar-refractivity contribution in [3.8, 4) is 5.75 Å². The molecule has 1 aliphatic heterocycles. The van der Waals surface area contributed by atoms with E-state index < -0.39 is 5.97 Å². The van der Waals surface area contributed by atoms with Gasteiger partial charge in [-0.15, -0.1) is 0 Å². The second-order valence-corrected chi connectivity index (χ2v) is 4.88. The summed E-state index contributed by atoms with van der Waals surface area (Å²) in [5, 5.41) is 6.05. The molecule has 6 heteroatoms. The van der Waals surface area contributed by atoms with E-state index in [2.05, 4.69) is 15.4 Å². The highest BCUT2D eigenvalue weighted by Crippen LogP contribution is 2.13. The summed E-state index contributed by atoms with van der Waals surface area (Å²) < 4.78 is 9.82. The van der Waals surface area contributed by atoms with E-state index in [1.54, 1.807) is 12.1 Å². The number of hydrogen-bond donors (Lipinski definition) is 2. The lowest BCUT2D eigenvalue weighted by Crippen LogP contribution is -2.39. The van der Waals surface area contributed by atoms with Crippen molar-refractivity contribution in [3.63, 3.8) is 0 Å². The molecule has 0 aliphatic carbocycles. The van der Waals surface area contributed by atoms with Gasteiger partial charge in [-0.2, -0.15) is 0 Å². The Balaban J connectivity index is 1.82. The minimum Gasteiger partial charge on any atom is -0.482 e. The second kappa shape index (κ2) is 7.64. The number of carbonyl (C=O) groups is 2. The van der Waals surface area contributed by atoms with Crippen LogP contribution in [-0.2, 0) is 20.9 Å². The Labute approximate surface area is 123 Å². The lowest BCUT2D eigenvalue weighted by atomic mass is 10.2. The summed E-state index contributed by atoms with van der Waals surface area (Å²) in [6.45, 7) is 1.21. The highest BCUT2D eigenvalue weighted by molar-refractivity contribution is 5.82. The van der Waals surface area contributed by atoms with Crippen LogP contribution in [0.3, 0.4) is 0 Å². The number of amides is 1. The molecule has 1 fully saturated rings. The second-order valence-electron chi connectivity index (χ2n) is 4.88. The maximum Gasteiger partial charge on any atom is 0.343 e. The Morgan fingerprint density at radius 1 is 1.43 bits per heavy atom. The summed E-state index contributed by atoms with van der Waals surface area (Å²) >= 11 is 0. The third kappa shape index (κ3) is 4.75. The molecule has 21 heavy (non-hydrogen) atoms. The van der Waals surface area contributed by atoms with Crippen molar-refractivity contribution in [2.75, 3.05) is 20.3 Å². The first-order valence-electron chi connectivity index (χ1n) is 6.98. The van der Waals surface area contributed by atoms with Crippen LogP contribution in [0.2, 0.25) is 0 Å². The molecule has 1 amide bonds. The van der Waals surface area contributed by atoms with Gasteiger partial charge in [0.25, 0.3) is 0 Å². The molecule has 0 bridgehead atoms. The molecule has 0 saturated carbocycles. The van der Waals surface area contributed by atoms with Crippen LogP contribution in [0.5, 0.6) is 5.75 Å². The van der Waals surface area contributed by atoms with Crippen LogP contribution in [0.25, 0.3) is 0 Å². The van der Waals surface area contributed by atoms with Gasteiger partial charge in [-0.3, -0.25) is 4.79 Å². The number of nitrogens with one attached hydrogen (secondary N) is 2. The van der Waals surface area contributed by atoms with Crippen LogP contribution in [0, 0.1) is 0 Å². The summed E-state index contributed by atoms with van der Waals surface area (Å²) in [6, 6.07) is 7.19. The Hall–Kier alpha value is -2.08. The highest BCUT2D eigenvalue weighted by atomic mass is 16.6. The van der Waals surface area contributed by atoms with Gasteiger partial charge in [0.05, 0.1) is 13.2 Å². The lowest BCUT2D eigenvalue weighted by Gasteiger charge is -2.12. The number of esters is 1. The van der Waals surface area contributed by atoms with Gasteiger partial charge in [0.2, 0.25) is 5.91 Å². The van der Waals surface area contributed by atoms with Crippen LogP contribution in [0.4, 0.5) is 0 Å². The van der Waals surface area contributed by atoms with Crippen molar-refractivity contribution < 1.29 is 19.1 Å². The molecule has 0 aromatic heterocycles.